The maximum atomic E-state index is 10.8. The molecule has 80 valence electrons. The van der Waals surface area contributed by atoms with Gasteiger partial charge in [0.15, 0.2) is 0 Å². The average molecular weight is 205 g/mol. The molecule has 1 N–H and O–H groups in total. The molecule has 0 fully saturated rings. The van der Waals surface area contributed by atoms with E-state index in [9.17, 15) is 4.79 Å². The highest BCUT2D eigenvalue weighted by Gasteiger charge is 2.18. The molecule has 0 bridgehead atoms. The first-order chi connectivity index (χ1) is 7.18. The lowest BCUT2D eigenvalue weighted by atomic mass is 9.97. The van der Waals surface area contributed by atoms with E-state index in [2.05, 4.69) is 4.98 Å². The number of hydrogen-bond donors (Lipinski definition) is 1. The van der Waals surface area contributed by atoms with Gasteiger partial charge in [0.05, 0.1) is 5.92 Å². The fourth-order valence-corrected chi connectivity index (χ4v) is 2.16. The molecule has 0 amide bonds. The SMILES string of the molecule is CC(Cc1cncc2c1CCC2)C(=O)O. The van der Waals surface area contributed by atoms with Crippen molar-refractivity contribution in [2.75, 3.05) is 0 Å². The van der Waals surface area contributed by atoms with Crippen molar-refractivity contribution < 1.29 is 9.90 Å². The molecule has 0 radical (unpaired) electrons. The molecule has 1 aliphatic rings. The minimum Gasteiger partial charge on any atom is -0.481 e. The van der Waals surface area contributed by atoms with Crippen LogP contribution in [-0.4, -0.2) is 16.1 Å². The van der Waals surface area contributed by atoms with E-state index in [1.54, 1.807) is 6.92 Å². The number of carboxylic acid groups (broad SMARTS) is 1. The number of aryl methyl sites for hydroxylation is 1. The molecule has 0 aromatic carbocycles. The van der Waals surface area contributed by atoms with Gasteiger partial charge in [0, 0.05) is 12.4 Å². The molecule has 0 saturated heterocycles. The largest absolute Gasteiger partial charge is 0.481 e. The van der Waals surface area contributed by atoms with Gasteiger partial charge in [-0.15, -0.1) is 0 Å². The minimum atomic E-state index is -0.731. The van der Waals surface area contributed by atoms with Gasteiger partial charge in [0.1, 0.15) is 0 Å². The number of aromatic nitrogens is 1. The Bertz CT molecular complexity index is 387. The Morgan fingerprint density at radius 3 is 3.07 bits per heavy atom. The Morgan fingerprint density at radius 2 is 2.33 bits per heavy atom. The zero-order valence-electron chi connectivity index (χ0n) is 8.86. The Labute approximate surface area is 89.2 Å². The van der Waals surface area contributed by atoms with Gasteiger partial charge in [0.2, 0.25) is 0 Å². The molecule has 0 spiro atoms. The van der Waals surface area contributed by atoms with Gasteiger partial charge in [-0.1, -0.05) is 6.92 Å². The van der Waals surface area contributed by atoms with Crippen LogP contribution in [0.4, 0.5) is 0 Å². The Hall–Kier alpha value is -1.38. The number of fused-ring (bicyclic) bond motifs is 1. The van der Waals surface area contributed by atoms with Crippen LogP contribution in [0.25, 0.3) is 0 Å². The van der Waals surface area contributed by atoms with Crippen molar-refractivity contribution in [3.05, 3.63) is 29.1 Å². The van der Waals surface area contributed by atoms with Crippen molar-refractivity contribution in [2.45, 2.75) is 32.6 Å². The maximum Gasteiger partial charge on any atom is 0.306 e. The predicted molar refractivity (Wildman–Crippen MR) is 56.8 cm³/mol. The molecule has 1 aromatic heterocycles. The summed E-state index contributed by atoms with van der Waals surface area (Å²) in [5, 5.41) is 8.87. The topological polar surface area (TPSA) is 50.2 Å². The smallest absolute Gasteiger partial charge is 0.306 e. The molecular weight excluding hydrogens is 190 g/mol. The highest BCUT2D eigenvalue weighted by Crippen LogP contribution is 2.25. The number of rotatable bonds is 3. The predicted octanol–water partition coefficient (Wildman–Crippen LogP) is 1.83. The number of aliphatic carboxylic acids is 1. The number of carbonyl (C=O) groups is 1. The van der Waals surface area contributed by atoms with Crippen molar-refractivity contribution in [1.82, 2.24) is 4.98 Å². The lowest BCUT2D eigenvalue weighted by Crippen LogP contribution is -2.13. The minimum absolute atomic E-state index is 0.320. The second-order valence-corrected chi connectivity index (χ2v) is 4.23. The summed E-state index contributed by atoms with van der Waals surface area (Å²) in [4.78, 5) is 15.0. The zero-order chi connectivity index (χ0) is 10.8. The first kappa shape index (κ1) is 10.1. The van der Waals surface area contributed by atoms with E-state index in [1.807, 2.05) is 12.4 Å². The van der Waals surface area contributed by atoms with Gasteiger partial charge in [0.25, 0.3) is 0 Å². The molecule has 1 aliphatic carbocycles. The summed E-state index contributed by atoms with van der Waals surface area (Å²) in [7, 11) is 0. The third-order valence-corrected chi connectivity index (χ3v) is 3.06. The van der Waals surface area contributed by atoms with Gasteiger partial charge in [-0.05, 0) is 42.4 Å². The third-order valence-electron chi connectivity index (χ3n) is 3.06. The molecule has 15 heavy (non-hydrogen) atoms. The van der Waals surface area contributed by atoms with Gasteiger partial charge >= 0.3 is 5.97 Å². The summed E-state index contributed by atoms with van der Waals surface area (Å²) in [6, 6.07) is 0. The van der Waals surface area contributed by atoms with E-state index < -0.39 is 5.97 Å². The standard InChI is InChI=1S/C12H15NO2/c1-8(12(14)15)5-10-7-13-6-9-3-2-4-11(9)10/h6-8H,2-5H2,1H3,(H,14,15). The van der Waals surface area contributed by atoms with Gasteiger partial charge in [-0.3, -0.25) is 9.78 Å². The van der Waals surface area contributed by atoms with Crippen LogP contribution in [0, 0.1) is 5.92 Å². The second-order valence-electron chi connectivity index (χ2n) is 4.23. The third kappa shape index (κ3) is 2.01. The van der Waals surface area contributed by atoms with E-state index in [4.69, 9.17) is 5.11 Å². The summed E-state index contributed by atoms with van der Waals surface area (Å²) >= 11 is 0. The molecule has 3 heteroatoms. The Morgan fingerprint density at radius 1 is 1.53 bits per heavy atom. The molecule has 1 atom stereocenters. The summed E-state index contributed by atoms with van der Waals surface area (Å²) in [6.45, 7) is 1.75. The molecule has 2 rings (SSSR count). The van der Waals surface area contributed by atoms with Crippen molar-refractivity contribution in [1.29, 1.82) is 0 Å². The zero-order valence-corrected chi connectivity index (χ0v) is 8.86. The number of hydrogen-bond acceptors (Lipinski definition) is 2. The number of pyridine rings is 1. The highest BCUT2D eigenvalue weighted by molar-refractivity contribution is 5.70. The van der Waals surface area contributed by atoms with Gasteiger partial charge < -0.3 is 5.11 Å². The molecule has 3 nitrogen and oxygen atoms in total. The molecule has 1 unspecified atom stereocenters. The average Bonchev–Trinajstić information content (AvgIpc) is 2.66. The van der Waals surface area contributed by atoms with Crippen LogP contribution in [-0.2, 0) is 24.1 Å². The van der Waals surface area contributed by atoms with Crippen LogP contribution in [0.15, 0.2) is 12.4 Å². The maximum absolute atomic E-state index is 10.8. The monoisotopic (exact) mass is 205 g/mol. The van der Waals surface area contributed by atoms with Gasteiger partial charge in [-0.2, -0.15) is 0 Å². The summed E-state index contributed by atoms with van der Waals surface area (Å²) in [6.07, 6.45) is 7.69. The van der Waals surface area contributed by atoms with E-state index >= 15 is 0 Å². The normalized spacial score (nSPS) is 16.1. The summed E-state index contributed by atoms with van der Waals surface area (Å²) in [5.74, 6) is -1.05. The molecular formula is C12H15NO2. The van der Waals surface area contributed by atoms with E-state index in [-0.39, 0.29) is 5.92 Å². The van der Waals surface area contributed by atoms with Crippen molar-refractivity contribution in [3.63, 3.8) is 0 Å². The van der Waals surface area contributed by atoms with Crippen LogP contribution >= 0.6 is 0 Å². The van der Waals surface area contributed by atoms with Crippen LogP contribution in [0.2, 0.25) is 0 Å². The van der Waals surface area contributed by atoms with Crippen molar-refractivity contribution in [3.8, 4) is 0 Å². The lowest BCUT2D eigenvalue weighted by Gasteiger charge is -2.10. The Balaban J connectivity index is 2.22. The second kappa shape index (κ2) is 4.01. The highest BCUT2D eigenvalue weighted by atomic mass is 16.4. The van der Waals surface area contributed by atoms with Crippen LogP contribution in [0.5, 0.6) is 0 Å². The lowest BCUT2D eigenvalue weighted by molar-refractivity contribution is -0.141. The molecule has 0 aliphatic heterocycles. The fraction of sp³-hybridized carbons (Fsp3) is 0.500. The molecule has 1 heterocycles. The van der Waals surface area contributed by atoms with E-state index in [0.29, 0.717) is 6.42 Å². The number of nitrogens with zero attached hydrogens (tertiary/aromatic N) is 1. The quantitative estimate of drug-likeness (QED) is 0.819. The van der Waals surface area contributed by atoms with E-state index in [0.717, 1.165) is 18.4 Å². The molecule has 0 saturated carbocycles. The Kier molecular flexibility index (Phi) is 2.71. The molecule has 1 aromatic rings. The summed E-state index contributed by atoms with van der Waals surface area (Å²) in [5.41, 5.74) is 3.78. The van der Waals surface area contributed by atoms with Gasteiger partial charge in [-0.25, -0.2) is 0 Å². The summed E-state index contributed by atoms with van der Waals surface area (Å²) < 4.78 is 0. The van der Waals surface area contributed by atoms with Crippen LogP contribution < -0.4 is 0 Å². The van der Waals surface area contributed by atoms with Crippen molar-refractivity contribution in [2.24, 2.45) is 5.92 Å². The van der Waals surface area contributed by atoms with Crippen molar-refractivity contribution >= 4 is 5.97 Å². The number of carboxylic acids is 1. The van der Waals surface area contributed by atoms with E-state index in [1.165, 1.54) is 17.5 Å². The first-order valence-corrected chi connectivity index (χ1v) is 5.36. The fourth-order valence-electron chi connectivity index (χ4n) is 2.16. The van der Waals surface area contributed by atoms with Crippen LogP contribution in [0.1, 0.15) is 30.0 Å². The van der Waals surface area contributed by atoms with Crippen LogP contribution in [0.3, 0.4) is 0 Å². The first-order valence-electron chi connectivity index (χ1n) is 5.36.